The highest BCUT2D eigenvalue weighted by Crippen LogP contribution is 2.09. The summed E-state index contributed by atoms with van der Waals surface area (Å²) in [4.78, 5) is 23.0. The second kappa shape index (κ2) is 3.72. The van der Waals surface area contributed by atoms with Gasteiger partial charge in [-0.2, -0.15) is 0 Å². The summed E-state index contributed by atoms with van der Waals surface area (Å²) in [6.07, 6.45) is 1.80. The minimum atomic E-state index is -0.371. The van der Waals surface area contributed by atoms with Gasteiger partial charge in [-0.25, -0.2) is 0 Å². The van der Waals surface area contributed by atoms with Crippen LogP contribution in [0.3, 0.4) is 0 Å². The predicted molar refractivity (Wildman–Crippen MR) is 41.3 cm³/mol. The van der Waals surface area contributed by atoms with Crippen LogP contribution in [0.15, 0.2) is 0 Å². The molecule has 1 aliphatic heterocycles. The van der Waals surface area contributed by atoms with E-state index in [0.717, 1.165) is 13.0 Å². The van der Waals surface area contributed by atoms with Crippen LogP contribution in [-0.2, 0) is 9.59 Å². The van der Waals surface area contributed by atoms with Gasteiger partial charge in [0.15, 0.2) is 0 Å². The lowest BCUT2D eigenvalue weighted by atomic mass is 10.4. The largest absolute Gasteiger partial charge is 0.342 e. The Labute approximate surface area is 70.3 Å². The molecule has 4 heteroatoms. The Morgan fingerprint density at radius 1 is 1.64 bits per heavy atom. The number of halogens is 1. The number of likely N-dealkylation sites (tertiary alicyclic amines) is 1. The number of rotatable bonds is 3. The molecule has 0 spiro atoms. The summed E-state index contributed by atoms with van der Waals surface area (Å²) in [7, 11) is 0. The summed E-state index contributed by atoms with van der Waals surface area (Å²) < 4.78 is 0. The van der Waals surface area contributed by atoms with Gasteiger partial charge in [0.2, 0.25) is 11.1 Å². The smallest absolute Gasteiger partial charge is 0.223 e. The van der Waals surface area contributed by atoms with E-state index < -0.39 is 0 Å². The normalized spacial score (nSPS) is 17.5. The van der Waals surface area contributed by atoms with Crippen LogP contribution in [0.2, 0.25) is 0 Å². The Bertz CT molecular complexity index is 181. The minimum absolute atomic E-state index is 0.142. The molecular formula is C7H10ClNO2. The van der Waals surface area contributed by atoms with Gasteiger partial charge in [-0.3, -0.25) is 9.59 Å². The Balaban J connectivity index is 2.26. The highest BCUT2D eigenvalue weighted by atomic mass is 35.5. The van der Waals surface area contributed by atoms with Crippen molar-refractivity contribution in [2.24, 2.45) is 0 Å². The van der Waals surface area contributed by atoms with Crippen molar-refractivity contribution < 1.29 is 9.59 Å². The third-order valence-electron chi connectivity index (χ3n) is 1.75. The molecule has 0 aliphatic carbocycles. The molecule has 1 fully saturated rings. The van der Waals surface area contributed by atoms with Gasteiger partial charge in [0.05, 0.1) is 0 Å². The highest BCUT2D eigenvalue weighted by molar-refractivity contribution is 6.63. The molecule has 1 heterocycles. The molecule has 0 saturated carbocycles. The van der Waals surface area contributed by atoms with Gasteiger partial charge in [-0.05, 0) is 18.0 Å². The quantitative estimate of drug-likeness (QED) is 0.594. The standard InChI is InChI=1S/C7H10ClNO2/c8-6(10)3-5-9-4-1-2-7(9)11/h1-5H2. The first-order valence-corrected chi connectivity index (χ1v) is 4.04. The van der Waals surface area contributed by atoms with Crippen LogP contribution in [0.5, 0.6) is 0 Å². The molecule has 1 aliphatic rings. The lowest BCUT2D eigenvalue weighted by Crippen LogP contribution is -2.26. The van der Waals surface area contributed by atoms with E-state index in [-0.39, 0.29) is 17.6 Å². The van der Waals surface area contributed by atoms with E-state index in [0.29, 0.717) is 13.0 Å². The van der Waals surface area contributed by atoms with Crippen molar-refractivity contribution in [2.75, 3.05) is 13.1 Å². The van der Waals surface area contributed by atoms with Crippen molar-refractivity contribution in [3.05, 3.63) is 0 Å². The average Bonchev–Trinajstić information content (AvgIpc) is 2.31. The topological polar surface area (TPSA) is 37.4 Å². The van der Waals surface area contributed by atoms with Crippen LogP contribution in [0.1, 0.15) is 19.3 Å². The number of amides is 1. The molecule has 0 bridgehead atoms. The highest BCUT2D eigenvalue weighted by Gasteiger charge is 2.19. The average molecular weight is 176 g/mol. The number of carbonyl (C=O) groups excluding carboxylic acids is 2. The molecule has 1 amide bonds. The van der Waals surface area contributed by atoms with Crippen LogP contribution in [0.25, 0.3) is 0 Å². The molecule has 0 aromatic rings. The Kier molecular flexibility index (Phi) is 2.88. The van der Waals surface area contributed by atoms with Gasteiger partial charge in [0.25, 0.3) is 0 Å². The lowest BCUT2D eigenvalue weighted by Gasteiger charge is -2.12. The maximum atomic E-state index is 11.0. The van der Waals surface area contributed by atoms with Gasteiger partial charge >= 0.3 is 0 Å². The summed E-state index contributed by atoms with van der Waals surface area (Å²) in [5.74, 6) is 0.142. The Morgan fingerprint density at radius 2 is 2.36 bits per heavy atom. The predicted octanol–water partition coefficient (Wildman–Crippen LogP) is 0.764. The second-order valence-electron chi connectivity index (χ2n) is 2.59. The first kappa shape index (κ1) is 8.53. The van der Waals surface area contributed by atoms with Crippen molar-refractivity contribution in [1.82, 2.24) is 4.90 Å². The fourth-order valence-corrected chi connectivity index (χ4v) is 1.25. The van der Waals surface area contributed by atoms with Crippen LogP contribution >= 0.6 is 11.6 Å². The second-order valence-corrected chi connectivity index (χ2v) is 3.01. The Morgan fingerprint density at radius 3 is 2.82 bits per heavy atom. The SMILES string of the molecule is O=C(Cl)CCN1CCCC1=O. The van der Waals surface area contributed by atoms with E-state index in [4.69, 9.17) is 11.6 Å². The first-order valence-electron chi connectivity index (χ1n) is 3.66. The number of nitrogens with zero attached hydrogens (tertiary/aromatic N) is 1. The van der Waals surface area contributed by atoms with Gasteiger partial charge < -0.3 is 4.90 Å². The number of carbonyl (C=O) groups is 2. The van der Waals surface area contributed by atoms with Crippen molar-refractivity contribution >= 4 is 22.8 Å². The molecule has 0 unspecified atom stereocenters. The van der Waals surface area contributed by atoms with E-state index >= 15 is 0 Å². The van der Waals surface area contributed by atoms with Gasteiger partial charge in [0.1, 0.15) is 0 Å². The fraction of sp³-hybridized carbons (Fsp3) is 0.714. The molecule has 0 N–H and O–H groups in total. The zero-order valence-corrected chi connectivity index (χ0v) is 6.93. The summed E-state index contributed by atoms with van der Waals surface area (Å²) in [6, 6.07) is 0. The van der Waals surface area contributed by atoms with Crippen molar-refractivity contribution in [2.45, 2.75) is 19.3 Å². The zero-order valence-electron chi connectivity index (χ0n) is 6.18. The van der Waals surface area contributed by atoms with Crippen LogP contribution in [-0.4, -0.2) is 29.1 Å². The summed E-state index contributed by atoms with van der Waals surface area (Å²) in [6.45, 7) is 1.27. The van der Waals surface area contributed by atoms with Gasteiger partial charge in [-0.15, -0.1) is 0 Å². The Hall–Kier alpha value is -0.570. The van der Waals surface area contributed by atoms with Crippen LogP contribution in [0.4, 0.5) is 0 Å². The summed E-state index contributed by atoms with van der Waals surface area (Å²) >= 11 is 5.13. The molecule has 0 aromatic heterocycles. The van der Waals surface area contributed by atoms with Gasteiger partial charge in [-0.1, -0.05) is 0 Å². The third kappa shape index (κ3) is 2.50. The molecule has 0 aromatic carbocycles. The molecule has 1 rings (SSSR count). The maximum Gasteiger partial charge on any atom is 0.223 e. The number of hydrogen-bond donors (Lipinski definition) is 0. The zero-order chi connectivity index (χ0) is 8.27. The van der Waals surface area contributed by atoms with Crippen molar-refractivity contribution in [1.29, 1.82) is 0 Å². The molecule has 3 nitrogen and oxygen atoms in total. The maximum absolute atomic E-state index is 11.0. The summed E-state index contributed by atoms with van der Waals surface area (Å²) in [5, 5.41) is -0.371. The fourth-order valence-electron chi connectivity index (χ4n) is 1.16. The first-order chi connectivity index (χ1) is 5.20. The molecule has 62 valence electrons. The van der Waals surface area contributed by atoms with E-state index in [2.05, 4.69) is 0 Å². The molecular weight excluding hydrogens is 166 g/mol. The van der Waals surface area contributed by atoms with Crippen LogP contribution < -0.4 is 0 Å². The third-order valence-corrected chi connectivity index (χ3v) is 1.94. The van der Waals surface area contributed by atoms with Crippen molar-refractivity contribution in [3.63, 3.8) is 0 Å². The van der Waals surface area contributed by atoms with E-state index in [1.165, 1.54) is 0 Å². The van der Waals surface area contributed by atoms with Crippen LogP contribution in [0, 0.1) is 0 Å². The minimum Gasteiger partial charge on any atom is -0.342 e. The van der Waals surface area contributed by atoms with E-state index in [1.807, 2.05) is 0 Å². The van der Waals surface area contributed by atoms with E-state index in [9.17, 15) is 9.59 Å². The molecule has 1 saturated heterocycles. The van der Waals surface area contributed by atoms with Crippen molar-refractivity contribution in [3.8, 4) is 0 Å². The lowest BCUT2D eigenvalue weighted by molar-refractivity contribution is -0.127. The number of hydrogen-bond acceptors (Lipinski definition) is 2. The molecule has 0 radical (unpaired) electrons. The molecule has 0 atom stereocenters. The van der Waals surface area contributed by atoms with E-state index in [1.54, 1.807) is 4.90 Å². The van der Waals surface area contributed by atoms with Gasteiger partial charge in [0, 0.05) is 25.9 Å². The summed E-state index contributed by atoms with van der Waals surface area (Å²) in [5.41, 5.74) is 0. The monoisotopic (exact) mass is 175 g/mol. The molecule has 11 heavy (non-hydrogen) atoms.